The van der Waals surface area contributed by atoms with Crippen molar-refractivity contribution < 1.29 is 0 Å². The zero-order chi connectivity index (χ0) is 6.15. The van der Waals surface area contributed by atoms with Crippen LogP contribution in [0.5, 0.6) is 0 Å². The van der Waals surface area contributed by atoms with Gasteiger partial charge >= 0.3 is 0 Å². The lowest BCUT2D eigenvalue weighted by molar-refractivity contribution is 1.24. The predicted octanol–water partition coefficient (Wildman–Crippen LogP) is 0.879. The molecule has 0 amide bonds. The fourth-order valence-corrected chi connectivity index (χ4v) is 1.01. The van der Waals surface area contributed by atoms with Gasteiger partial charge in [-0.3, -0.25) is 0 Å². The van der Waals surface area contributed by atoms with Crippen molar-refractivity contribution in [3.05, 3.63) is 16.4 Å². The maximum absolute atomic E-state index is 5.46. The average molecular weight is 170 g/mol. The van der Waals surface area contributed by atoms with Crippen LogP contribution in [0, 0.1) is 6.92 Å². The summed E-state index contributed by atoms with van der Waals surface area (Å²) in [4.78, 5) is 3.00. The smallest absolute Gasteiger partial charge is 0.117 e. The molecule has 0 fully saturated rings. The first kappa shape index (κ1) is 5.95. The molecule has 1 rings (SSSR count). The Morgan fingerprint density at radius 1 is 1.75 bits per heavy atom. The van der Waals surface area contributed by atoms with E-state index in [1.54, 1.807) is 0 Å². The highest BCUT2D eigenvalue weighted by Crippen LogP contribution is 2.02. The summed E-state index contributed by atoms with van der Waals surface area (Å²) in [6.07, 6.45) is 0. The summed E-state index contributed by atoms with van der Waals surface area (Å²) in [7, 11) is 5.46. The number of rotatable bonds is 0. The van der Waals surface area contributed by atoms with Crippen LogP contribution >= 0.6 is 15.9 Å². The lowest BCUT2D eigenvalue weighted by Gasteiger charge is -1.79. The largest absolute Gasteiger partial charge is 0.354 e. The minimum Gasteiger partial charge on any atom is -0.354 e. The third-order valence-corrected chi connectivity index (χ3v) is 1.59. The van der Waals surface area contributed by atoms with Gasteiger partial charge in [0.25, 0.3) is 0 Å². The topological polar surface area (TPSA) is 15.8 Å². The van der Waals surface area contributed by atoms with Crippen LogP contribution in [0.15, 0.2) is 10.7 Å². The Hall–Kier alpha value is -0.175. The molecule has 0 bridgehead atoms. The summed E-state index contributed by atoms with van der Waals surface area (Å²) < 4.78 is 0.870. The summed E-state index contributed by atoms with van der Waals surface area (Å²) in [5.41, 5.74) is 1.84. The molecule has 0 aromatic carbocycles. The van der Waals surface area contributed by atoms with Crippen LogP contribution in [0.2, 0.25) is 0 Å². The monoisotopic (exact) mass is 169 g/mol. The molecular formula is C5H5BBrN. The summed E-state index contributed by atoms with van der Waals surface area (Å²) in [6.45, 7) is 1.96. The molecule has 1 nitrogen and oxygen atoms in total. The molecule has 0 atom stereocenters. The molecule has 2 radical (unpaired) electrons. The van der Waals surface area contributed by atoms with Crippen LogP contribution in [0.3, 0.4) is 0 Å². The summed E-state index contributed by atoms with van der Waals surface area (Å²) in [6, 6.07) is 1.88. The van der Waals surface area contributed by atoms with Crippen molar-refractivity contribution in [3.63, 3.8) is 0 Å². The van der Waals surface area contributed by atoms with Crippen LogP contribution in [0.25, 0.3) is 0 Å². The highest BCUT2D eigenvalue weighted by molar-refractivity contribution is 9.10. The second-order valence-electron chi connectivity index (χ2n) is 1.72. The van der Waals surface area contributed by atoms with Crippen molar-refractivity contribution in [2.45, 2.75) is 6.92 Å². The van der Waals surface area contributed by atoms with Crippen molar-refractivity contribution in [2.75, 3.05) is 0 Å². The Labute approximate surface area is 58.0 Å². The molecule has 0 aliphatic heterocycles. The van der Waals surface area contributed by atoms with E-state index in [1.165, 1.54) is 0 Å². The van der Waals surface area contributed by atoms with Crippen LogP contribution in [-0.4, -0.2) is 12.8 Å². The standard InChI is InChI=1S/C5H5BBrN/c1-3-2-4(6)5(7)8-3/h2,8H,1H3. The van der Waals surface area contributed by atoms with Gasteiger partial charge < -0.3 is 4.98 Å². The van der Waals surface area contributed by atoms with E-state index in [0.717, 1.165) is 15.8 Å². The van der Waals surface area contributed by atoms with Gasteiger partial charge in [-0.05, 0) is 28.9 Å². The number of aromatic nitrogens is 1. The number of nitrogens with one attached hydrogen (secondary N) is 1. The Morgan fingerprint density at radius 3 is 2.50 bits per heavy atom. The first-order chi connectivity index (χ1) is 3.70. The van der Waals surface area contributed by atoms with Gasteiger partial charge in [-0.25, -0.2) is 0 Å². The molecule has 0 aliphatic carbocycles. The van der Waals surface area contributed by atoms with Gasteiger partial charge in [-0.2, -0.15) is 0 Å². The Balaban J connectivity index is 3.14. The summed E-state index contributed by atoms with van der Waals surface area (Å²) in [5, 5.41) is 0. The van der Waals surface area contributed by atoms with Gasteiger partial charge in [0, 0.05) is 5.69 Å². The molecule has 1 aromatic rings. The molecule has 1 N–H and O–H groups in total. The van der Waals surface area contributed by atoms with E-state index in [1.807, 2.05) is 13.0 Å². The molecule has 8 heavy (non-hydrogen) atoms. The lowest BCUT2D eigenvalue weighted by Crippen LogP contribution is -1.97. The maximum atomic E-state index is 5.46. The SMILES string of the molecule is [B]c1cc(C)[nH]c1Br. The summed E-state index contributed by atoms with van der Waals surface area (Å²) >= 11 is 3.24. The second-order valence-corrected chi connectivity index (χ2v) is 2.51. The fraction of sp³-hybridized carbons (Fsp3) is 0.200. The third kappa shape index (κ3) is 0.970. The molecule has 0 aliphatic rings. The number of halogens is 1. The molecule has 0 saturated carbocycles. The number of hydrogen-bond donors (Lipinski definition) is 1. The second kappa shape index (κ2) is 1.98. The van der Waals surface area contributed by atoms with Crippen LogP contribution in [-0.2, 0) is 0 Å². The van der Waals surface area contributed by atoms with E-state index in [9.17, 15) is 0 Å². The normalized spacial score (nSPS) is 9.75. The summed E-state index contributed by atoms with van der Waals surface area (Å²) in [5.74, 6) is 0. The van der Waals surface area contributed by atoms with E-state index in [0.29, 0.717) is 0 Å². The minimum atomic E-state index is 0.766. The lowest BCUT2D eigenvalue weighted by atomic mass is 10.0. The highest BCUT2D eigenvalue weighted by atomic mass is 79.9. The van der Waals surface area contributed by atoms with E-state index in [4.69, 9.17) is 7.85 Å². The Morgan fingerprint density at radius 2 is 2.38 bits per heavy atom. The molecular weight excluding hydrogens is 165 g/mol. The zero-order valence-electron chi connectivity index (χ0n) is 4.53. The van der Waals surface area contributed by atoms with E-state index in [-0.39, 0.29) is 0 Å². The van der Waals surface area contributed by atoms with Gasteiger partial charge in [-0.15, -0.1) is 0 Å². The van der Waals surface area contributed by atoms with Crippen molar-refractivity contribution in [3.8, 4) is 0 Å². The highest BCUT2D eigenvalue weighted by Gasteiger charge is 1.93. The van der Waals surface area contributed by atoms with E-state index in [2.05, 4.69) is 20.9 Å². The van der Waals surface area contributed by atoms with Crippen LogP contribution < -0.4 is 5.46 Å². The first-order valence-corrected chi connectivity index (χ1v) is 3.10. The van der Waals surface area contributed by atoms with Gasteiger partial charge in [0.15, 0.2) is 0 Å². The molecule has 1 heterocycles. The van der Waals surface area contributed by atoms with E-state index < -0.39 is 0 Å². The van der Waals surface area contributed by atoms with Gasteiger partial charge in [-0.1, -0.05) is 5.46 Å². The third-order valence-electron chi connectivity index (χ3n) is 0.932. The Kier molecular flexibility index (Phi) is 1.47. The molecule has 3 heteroatoms. The van der Waals surface area contributed by atoms with Crippen LogP contribution in [0.4, 0.5) is 0 Å². The number of hydrogen-bond acceptors (Lipinski definition) is 0. The molecule has 0 saturated heterocycles. The zero-order valence-corrected chi connectivity index (χ0v) is 6.12. The quantitative estimate of drug-likeness (QED) is 0.556. The Bertz CT molecular complexity index is 175. The van der Waals surface area contributed by atoms with Crippen molar-refractivity contribution >= 4 is 29.2 Å². The molecule has 0 spiro atoms. The van der Waals surface area contributed by atoms with Crippen LogP contribution in [0.1, 0.15) is 5.69 Å². The van der Waals surface area contributed by atoms with Crippen molar-refractivity contribution in [1.82, 2.24) is 4.98 Å². The number of aryl methyl sites for hydroxylation is 1. The predicted molar refractivity (Wildman–Crippen MR) is 38.6 cm³/mol. The average Bonchev–Trinajstić information content (AvgIpc) is 1.85. The minimum absolute atomic E-state index is 0.766. The molecule has 0 unspecified atom stereocenters. The fourth-order valence-electron chi connectivity index (χ4n) is 0.578. The maximum Gasteiger partial charge on any atom is 0.117 e. The van der Waals surface area contributed by atoms with Gasteiger partial charge in [0.2, 0.25) is 0 Å². The van der Waals surface area contributed by atoms with Gasteiger partial charge in [0.05, 0.1) is 4.60 Å². The number of H-pyrrole nitrogens is 1. The first-order valence-electron chi connectivity index (χ1n) is 2.31. The molecule has 1 aromatic heterocycles. The van der Waals surface area contributed by atoms with Gasteiger partial charge in [0.1, 0.15) is 7.85 Å². The van der Waals surface area contributed by atoms with Crippen molar-refractivity contribution in [1.29, 1.82) is 0 Å². The van der Waals surface area contributed by atoms with Crippen molar-refractivity contribution in [2.24, 2.45) is 0 Å². The molecule has 40 valence electrons. The number of aromatic amines is 1. The van der Waals surface area contributed by atoms with E-state index >= 15 is 0 Å².